The van der Waals surface area contributed by atoms with Gasteiger partial charge in [0.2, 0.25) is 0 Å². The van der Waals surface area contributed by atoms with Gasteiger partial charge in [0.1, 0.15) is 12.5 Å². The molecule has 2 aromatic rings. The standard InChI is InChI=1S/C15H20ClFN2O2Si/c1-10(20)14-11-8-18-19(9-21-5-6-22(2,3)4)13(11)7-12(17)15(14)16/h7-8H,5-6,9H2,1-4H3. The van der Waals surface area contributed by atoms with Crippen LogP contribution in [0.15, 0.2) is 12.3 Å². The highest BCUT2D eigenvalue weighted by atomic mass is 35.5. The maximum absolute atomic E-state index is 13.9. The van der Waals surface area contributed by atoms with Gasteiger partial charge in [-0.15, -0.1) is 0 Å². The van der Waals surface area contributed by atoms with E-state index in [9.17, 15) is 9.18 Å². The van der Waals surface area contributed by atoms with E-state index in [-0.39, 0.29) is 23.1 Å². The number of halogens is 2. The van der Waals surface area contributed by atoms with Crippen LogP contribution in [0.25, 0.3) is 10.9 Å². The zero-order chi connectivity index (χ0) is 16.5. The minimum Gasteiger partial charge on any atom is -0.360 e. The molecule has 0 spiro atoms. The van der Waals surface area contributed by atoms with Crippen molar-refractivity contribution in [2.75, 3.05) is 6.61 Å². The van der Waals surface area contributed by atoms with Crippen molar-refractivity contribution in [3.8, 4) is 0 Å². The fourth-order valence-electron chi connectivity index (χ4n) is 2.14. The van der Waals surface area contributed by atoms with Crippen molar-refractivity contribution in [2.45, 2.75) is 39.3 Å². The van der Waals surface area contributed by atoms with Crippen LogP contribution >= 0.6 is 11.6 Å². The summed E-state index contributed by atoms with van der Waals surface area (Å²) in [5.41, 5.74) is 0.685. The molecule has 1 aromatic carbocycles. The van der Waals surface area contributed by atoms with Crippen LogP contribution in [0.5, 0.6) is 0 Å². The lowest BCUT2D eigenvalue weighted by molar-refractivity contribution is 0.0816. The first-order chi connectivity index (χ1) is 10.2. The van der Waals surface area contributed by atoms with Crippen LogP contribution < -0.4 is 0 Å². The number of nitrogens with zero attached hydrogens (tertiary/aromatic N) is 2. The Balaban J connectivity index is 2.24. The molecule has 0 unspecified atom stereocenters. The van der Waals surface area contributed by atoms with E-state index < -0.39 is 13.9 Å². The zero-order valence-electron chi connectivity index (χ0n) is 13.2. The van der Waals surface area contributed by atoms with Crippen molar-refractivity contribution in [2.24, 2.45) is 0 Å². The number of hydrogen-bond acceptors (Lipinski definition) is 3. The minimum absolute atomic E-state index is 0.154. The number of hydrogen-bond donors (Lipinski definition) is 0. The van der Waals surface area contributed by atoms with Gasteiger partial charge in [0.15, 0.2) is 5.78 Å². The molecule has 1 aromatic heterocycles. The van der Waals surface area contributed by atoms with Crippen LogP contribution in [0.2, 0.25) is 30.7 Å². The number of fused-ring (bicyclic) bond motifs is 1. The summed E-state index contributed by atoms with van der Waals surface area (Å²) in [6.07, 6.45) is 1.53. The number of aromatic nitrogens is 2. The highest BCUT2D eigenvalue weighted by Gasteiger charge is 2.19. The maximum atomic E-state index is 13.9. The Bertz CT molecular complexity index is 710. The van der Waals surface area contributed by atoms with Gasteiger partial charge in [-0.25, -0.2) is 9.07 Å². The number of carbonyl (C=O) groups excluding carboxylic acids is 1. The van der Waals surface area contributed by atoms with Crippen molar-refractivity contribution in [3.63, 3.8) is 0 Å². The summed E-state index contributed by atoms with van der Waals surface area (Å²) in [7, 11) is -1.15. The van der Waals surface area contributed by atoms with Crippen LogP contribution in [0.3, 0.4) is 0 Å². The van der Waals surface area contributed by atoms with Gasteiger partial charge in [-0.3, -0.25) is 4.79 Å². The summed E-state index contributed by atoms with van der Waals surface area (Å²) in [4.78, 5) is 11.7. The largest absolute Gasteiger partial charge is 0.360 e. The summed E-state index contributed by atoms with van der Waals surface area (Å²) in [5, 5.41) is 4.58. The third kappa shape index (κ3) is 3.74. The first kappa shape index (κ1) is 17.1. The maximum Gasteiger partial charge on any atom is 0.162 e. The number of Topliss-reactive ketones (excluding diaryl/α,β-unsaturated/α-hetero) is 1. The fourth-order valence-corrected chi connectivity index (χ4v) is 3.18. The Labute approximate surface area is 135 Å². The SMILES string of the molecule is CC(=O)c1c(Cl)c(F)cc2c1cnn2COCC[Si](C)(C)C. The molecule has 0 aliphatic heterocycles. The second-order valence-electron chi connectivity index (χ2n) is 6.53. The third-order valence-corrected chi connectivity index (χ3v) is 5.48. The van der Waals surface area contributed by atoms with Crippen LogP contribution in [-0.4, -0.2) is 30.2 Å². The fraction of sp³-hybridized carbons (Fsp3) is 0.467. The average molecular weight is 343 g/mol. The number of ketones is 1. The molecule has 7 heteroatoms. The second-order valence-corrected chi connectivity index (χ2v) is 12.5. The summed E-state index contributed by atoms with van der Waals surface area (Å²) >= 11 is 5.89. The molecule has 0 fully saturated rings. The van der Waals surface area contributed by atoms with Crippen molar-refractivity contribution in [1.29, 1.82) is 0 Å². The Morgan fingerprint density at radius 2 is 2.14 bits per heavy atom. The normalized spacial score (nSPS) is 12.1. The van der Waals surface area contributed by atoms with E-state index in [2.05, 4.69) is 24.7 Å². The molecule has 22 heavy (non-hydrogen) atoms. The Morgan fingerprint density at radius 3 is 2.73 bits per heavy atom. The van der Waals surface area contributed by atoms with E-state index in [1.165, 1.54) is 19.2 Å². The molecule has 0 N–H and O–H groups in total. The molecule has 2 rings (SSSR count). The van der Waals surface area contributed by atoms with Gasteiger partial charge in [0.25, 0.3) is 0 Å². The van der Waals surface area contributed by atoms with Crippen molar-refractivity contribution in [3.05, 3.63) is 28.7 Å². The monoisotopic (exact) mass is 342 g/mol. The van der Waals surface area contributed by atoms with E-state index in [4.69, 9.17) is 16.3 Å². The van der Waals surface area contributed by atoms with Crippen molar-refractivity contribution < 1.29 is 13.9 Å². The molecule has 0 bridgehead atoms. The summed E-state index contributed by atoms with van der Waals surface area (Å²) < 4.78 is 21.1. The molecule has 0 atom stereocenters. The average Bonchev–Trinajstić information content (AvgIpc) is 2.77. The van der Waals surface area contributed by atoms with E-state index >= 15 is 0 Å². The first-order valence-electron chi connectivity index (χ1n) is 7.13. The van der Waals surface area contributed by atoms with E-state index in [0.717, 1.165) is 6.04 Å². The van der Waals surface area contributed by atoms with E-state index in [0.29, 0.717) is 17.5 Å². The number of ether oxygens (including phenoxy) is 1. The summed E-state index contributed by atoms with van der Waals surface area (Å²) in [6.45, 7) is 9.06. The lowest BCUT2D eigenvalue weighted by atomic mass is 10.1. The number of rotatable bonds is 6. The summed E-state index contributed by atoms with van der Waals surface area (Å²) in [6, 6.07) is 2.34. The lowest BCUT2D eigenvalue weighted by Crippen LogP contribution is -2.22. The molecule has 0 saturated heterocycles. The molecule has 120 valence electrons. The predicted molar refractivity (Wildman–Crippen MR) is 88.8 cm³/mol. The molecule has 0 saturated carbocycles. The number of carbonyl (C=O) groups is 1. The molecule has 0 aliphatic rings. The van der Waals surface area contributed by atoms with Crippen LogP contribution in [-0.2, 0) is 11.5 Å². The molecule has 1 heterocycles. The van der Waals surface area contributed by atoms with Gasteiger partial charge in [0, 0.05) is 31.7 Å². The quantitative estimate of drug-likeness (QED) is 0.445. The van der Waals surface area contributed by atoms with E-state index in [1.54, 1.807) is 4.68 Å². The minimum atomic E-state index is -1.15. The molecular weight excluding hydrogens is 323 g/mol. The molecule has 0 aliphatic carbocycles. The third-order valence-electron chi connectivity index (χ3n) is 3.40. The van der Waals surface area contributed by atoms with Gasteiger partial charge in [0.05, 0.1) is 16.7 Å². The highest BCUT2D eigenvalue weighted by Crippen LogP contribution is 2.29. The molecule has 0 amide bonds. The first-order valence-corrected chi connectivity index (χ1v) is 11.2. The molecule has 4 nitrogen and oxygen atoms in total. The second kappa shape index (κ2) is 6.48. The van der Waals surface area contributed by atoms with Crippen molar-refractivity contribution in [1.82, 2.24) is 9.78 Å². The van der Waals surface area contributed by atoms with Crippen LogP contribution in [0, 0.1) is 5.82 Å². The Hall–Kier alpha value is -1.24. The molecule has 0 radical (unpaired) electrons. The Morgan fingerprint density at radius 1 is 1.45 bits per heavy atom. The number of benzene rings is 1. The highest BCUT2D eigenvalue weighted by molar-refractivity contribution is 6.76. The Kier molecular flexibility index (Phi) is 5.04. The van der Waals surface area contributed by atoms with Gasteiger partial charge in [-0.05, 0) is 13.0 Å². The predicted octanol–water partition coefficient (Wildman–Crippen LogP) is 4.34. The molecular formula is C15H20ClFN2O2Si. The zero-order valence-corrected chi connectivity index (χ0v) is 15.0. The van der Waals surface area contributed by atoms with E-state index in [1.807, 2.05) is 0 Å². The smallest absolute Gasteiger partial charge is 0.162 e. The topological polar surface area (TPSA) is 44.1 Å². The van der Waals surface area contributed by atoms with Gasteiger partial charge in [-0.2, -0.15) is 5.10 Å². The summed E-state index contributed by atoms with van der Waals surface area (Å²) in [5.74, 6) is -0.906. The van der Waals surface area contributed by atoms with Gasteiger partial charge >= 0.3 is 0 Å². The van der Waals surface area contributed by atoms with Crippen LogP contribution in [0.1, 0.15) is 17.3 Å². The van der Waals surface area contributed by atoms with Crippen LogP contribution in [0.4, 0.5) is 4.39 Å². The lowest BCUT2D eigenvalue weighted by Gasteiger charge is -2.15. The van der Waals surface area contributed by atoms with Gasteiger partial charge in [-0.1, -0.05) is 31.2 Å². The van der Waals surface area contributed by atoms with Gasteiger partial charge < -0.3 is 4.74 Å². The van der Waals surface area contributed by atoms with Crippen molar-refractivity contribution >= 4 is 36.4 Å².